The molecule has 6 heteroatoms. The van der Waals surface area contributed by atoms with Crippen LogP contribution >= 0.6 is 11.8 Å². The van der Waals surface area contributed by atoms with Crippen LogP contribution < -0.4 is 4.90 Å². The van der Waals surface area contributed by atoms with Crippen molar-refractivity contribution in [3.8, 4) is 11.4 Å². The second-order valence-electron chi connectivity index (χ2n) is 5.27. The molecule has 0 N–H and O–H groups in total. The Balaban J connectivity index is 1.71. The highest BCUT2D eigenvalue weighted by Gasteiger charge is 2.22. The van der Waals surface area contributed by atoms with Gasteiger partial charge in [-0.2, -0.15) is 0 Å². The lowest BCUT2D eigenvalue weighted by Crippen LogP contribution is -2.30. The van der Waals surface area contributed by atoms with E-state index >= 15 is 0 Å². The van der Waals surface area contributed by atoms with E-state index < -0.39 is 0 Å². The summed E-state index contributed by atoms with van der Waals surface area (Å²) < 4.78 is 2.16. The Hall–Kier alpha value is -2.34. The first kappa shape index (κ1) is 13.3. The van der Waals surface area contributed by atoms with Crippen LogP contribution in [0.1, 0.15) is 5.56 Å². The van der Waals surface area contributed by atoms with Crippen molar-refractivity contribution in [2.45, 2.75) is 18.7 Å². The number of thioether (sulfide) groups is 1. The van der Waals surface area contributed by atoms with Gasteiger partial charge in [-0.05, 0) is 25.1 Å². The predicted octanol–water partition coefficient (Wildman–Crippen LogP) is 3.18. The summed E-state index contributed by atoms with van der Waals surface area (Å²) in [6.45, 7) is 2.83. The number of pyridine rings is 1. The standard InChI is InChI=1S/C16H15N5S/c1-12-4-2-5-13(8-12)15-18-19-16-21(15)10-20(11-22-16)14-6-3-7-17-9-14/h2-9H,10-11H2,1H3. The van der Waals surface area contributed by atoms with Gasteiger partial charge in [0.25, 0.3) is 0 Å². The zero-order valence-corrected chi connectivity index (χ0v) is 13.0. The molecule has 22 heavy (non-hydrogen) atoms. The van der Waals surface area contributed by atoms with Gasteiger partial charge in [0.15, 0.2) is 11.0 Å². The maximum atomic E-state index is 4.39. The molecule has 4 rings (SSSR count). The van der Waals surface area contributed by atoms with Crippen LogP contribution in [0.5, 0.6) is 0 Å². The van der Waals surface area contributed by atoms with Gasteiger partial charge in [0, 0.05) is 11.8 Å². The highest BCUT2D eigenvalue weighted by atomic mass is 32.2. The minimum absolute atomic E-state index is 0.740. The van der Waals surface area contributed by atoms with Gasteiger partial charge in [-0.1, -0.05) is 35.5 Å². The van der Waals surface area contributed by atoms with E-state index in [4.69, 9.17) is 0 Å². The van der Waals surface area contributed by atoms with Crippen molar-refractivity contribution < 1.29 is 0 Å². The Bertz CT molecular complexity index is 799. The van der Waals surface area contributed by atoms with Crippen LogP contribution in [0.2, 0.25) is 0 Å². The summed E-state index contributed by atoms with van der Waals surface area (Å²) in [6.07, 6.45) is 3.69. The predicted molar refractivity (Wildman–Crippen MR) is 87.6 cm³/mol. The molecular weight excluding hydrogens is 294 g/mol. The lowest BCUT2D eigenvalue weighted by atomic mass is 10.1. The average Bonchev–Trinajstić information content (AvgIpc) is 2.99. The number of hydrogen-bond acceptors (Lipinski definition) is 5. The van der Waals surface area contributed by atoms with Gasteiger partial charge in [-0.25, -0.2) is 0 Å². The number of fused-ring (bicyclic) bond motifs is 1. The topological polar surface area (TPSA) is 46.8 Å². The van der Waals surface area contributed by atoms with Crippen molar-refractivity contribution in [2.24, 2.45) is 0 Å². The molecule has 0 radical (unpaired) electrons. The average molecular weight is 309 g/mol. The molecule has 0 atom stereocenters. The quantitative estimate of drug-likeness (QED) is 0.727. The van der Waals surface area contributed by atoms with Crippen LogP contribution in [0.15, 0.2) is 53.9 Å². The van der Waals surface area contributed by atoms with E-state index in [2.05, 4.69) is 61.9 Å². The third-order valence-corrected chi connectivity index (χ3v) is 4.67. The van der Waals surface area contributed by atoms with Crippen molar-refractivity contribution in [2.75, 3.05) is 10.8 Å². The summed E-state index contributed by atoms with van der Waals surface area (Å²) in [7, 11) is 0. The zero-order chi connectivity index (χ0) is 14.9. The van der Waals surface area contributed by atoms with Gasteiger partial charge in [-0.15, -0.1) is 10.2 Å². The van der Waals surface area contributed by atoms with E-state index in [-0.39, 0.29) is 0 Å². The lowest BCUT2D eigenvalue weighted by molar-refractivity contribution is 0.607. The second kappa shape index (κ2) is 5.46. The third kappa shape index (κ3) is 2.35. The zero-order valence-electron chi connectivity index (χ0n) is 12.2. The molecule has 0 bridgehead atoms. The van der Waals surface area contributed by atoms with Crippen LogP contribution in [0.4, 0.5) is 5.69 Å². The molecule has 0 amide bonds. The molecule has 0 fully saturated rings. The van der Waals surface area contributed by atoms with E-state index in [9.17, 15) is 0 Å². The van der Waals surface area contributed by atoms with E-state index in [1.807, 2.05) is 12.3 Å². The van der Waals surface area contributed by atoms with Gasteiger partial charge in [-0.3, -0.25) is 9.55 Å². The smallest absolute Gasteiger partial charge is 0.194 e. The Morgan fingerprint density at radius 1 is 1.14 bits per heavy atom. The summed E-state index contributed by atoms with van der Waals surface area (Å²) in [5, 5.41) is 9.68. The first-order chi connectivity index (χ1) is 10.8. The molecule has 1 aliphatic heterocycles. The van der Waals surface area contributed by atoms with Gasteiger partial charge < -0.3 is 4.90 Å². The fraction of sp³-hybridized carbons (Fsp3) is 0.188. The molecule has 5 nitrogen and oxygen atoms in total. The Morgan fingerprint density at radius 3 is 2.91 bits per heavy atom. The largest absolute Gasteiger partial charge is 0.342 e. The maximum absolute atomic E-state index is 4.39. The third-order valence-electron chi connectivity index (χ3n) is 3.67. The number of hydrogen-bond donors (Lipinski definition) is 0. The minimum Gasteiger partial charge on any atom is -0.342 e. The molecule has 0 unspecified atom stereocenters. The van der Waals surface area contributed by atoms with E-state index in [0.717, 1.165) is 34.8 Å². The van der Waals surface area contributed by atoms with Crippen molar-refractivity contribution in [3.63, 3.8) is 0 Å². The Kier molecular flexibility index (Phi) is 3.31. The van der Waals surface area contributed by atoms with Crippen LogP contribution in [-0.2, 0) is 6.67 Å². The first-order valence-electron chi connectivity index (χ1n) is 7.09. The molecule has 1 aromatic carbocycles. The summed E-state index contributed by atoms with van der Waals surface area (Å²) in [5.41, 5.74) is 3.44. The second-order valence-corrected chi connectivity index (χ2v) is 6.18. The van der Waals surface area contributed by atoms with Gasteiger partial charge in [0.05, 0.1) is 24.4 Å². The fourth-order valence-corrected chi connectivity index (χ4v) is 3.47. The highest BCUT2D eigenvalue weighted by molar-refractivity contribution is 7.99. The first-order valence-corrected chi connectivity index (χ1v) is 8.08. The van der Waals surface area contributed by atoms with E-state index in [0.29, 0.717) is 0 Å². The maximum Gasteiger partial charge on any atom is 0.194 e. The summed E-state index contributed by atoms with van der Waals surface area (Å²) in [4.78, 5) is 6.48. The molecule has 110 valence electrons. The van der Waals surface area contributed by atoms with Crippen molar-refractivity contribution in [3.05, 3.63) is 54.4 Å². The molecular formula is C16H15N5S. The molecule has 0 aliphatic carbocycles. The summed E-state index contributed by atoms with van der Waals surface area (Å²) >= 11 is 1.70. The van der Waals surface area contributed by atoms with Gasteiger partial charge in [0.1, 0.15) is 0 Å². The molecule has 0 saturated carbocycles. The molecule has 0 saturated heterocycles. The molecule has 0 spiro atoms. The van der Waals surface area contributed by atoms with E-state index in [1.54, 1.807) is 18.0 Å². The van der Waals surface area contributed by atoms with Crippen molar-refractivity contribution >= 4 is 17.4 Å². The van der Waals surface area contributed by atoms with Crippen LogP contribution in [0, 0.1) is 6.92 Å². The van der Waals surface area contributed by atoms with Gasteiger partial charge >= 0.3 is 0 Å². The molecule has 3 aromatic rings. The highest BCUT2D eigenvalue weighted by Crippen LogP contribution is 2.31. The molecule has 3 heterocycles. The number of benzene rings is 1. The number of rotatable bonds is 2. The monoisotopic (exact) mass is 309 g/mol. The molecule has 2 aromatic heterocycles. The van der Waals surface area contributed by atoms with E-state index in [1.165, 1.54) is 5.56 Å². The Morgan fingerprint density at radius 2 is 2.09 bits per heavy atom. The lowest BCUT2D eigenvalue weighted by Gasteiger charge is -2.29. The van der Waals surface area contributed by atoms with Crippen LogP contribution in [-0.4, -0.2) is 25.6 Å². The Labute approximate surface area is 133 Å². The number of nitrogens with zero attached hydrogens (tertiary/aromatic N) is 5. The summed E-state index contributed by atoms with van der Waals surface area (Å²) in [6, 6.07) is 12.4. The molecule has 1 aliphatic rings. The SMILES string of the molecule is Cc1cccc(-c2nnc3n2CN(c2cccnc2)CS3)c1. The summed E-state index contributed by atoms with van der Waals surface area (Å²) in [5.74, 6) is 1.78. The van der Waals surface area contributed by atoms with Crippen LogP contribution in [0.25, 0.3) is 11.4 Å². The van der Waals surface area contributed by atoms with Crippen molar-refractivity contribution in [1.82, 2.24) is 19.7 Å². The number of aryl methyl sites for hydroxylation is 1. The minimum atomic E-state index is 0.740. The number of aromatic nitrogens is 4. The fourth-order valence-electron chi connectivity index (χ4n) is 2.56. The number of anilines is 1. The normalized spacial score (nSPS) is 14.0. The van der Waals surface area contributed by atoms with Crippen LogP contribution in [0.3, 0.4) is 0 Å². The van der Waals surface area contributed by atoms with Crippen molar-refractivity contribution in [1.29, 1.82) is 0 Å². The van der Waals surface area contributed by atoms with Gasteiger partial charge in [0.2, 0.25) is 0 Å².